The lowest BCUT2D eigenvalue weighted by atomic mass is 10.1. The summed E-state index contributed by atoms with van der Waals surface area (Å²) in [7, 11) is 3.90. The van der Waals surface area contributed by atoms with E-state index in [1.54, 1.807) is 0 Å². The van der Waals surface area contributed by atoms with Gasteiger partial charge in [0.05, 0.1) is 11.0 Å². The van der Waals surface area contributed by atoms with Crippen molar-refractivity contribution in [1.82, 2.24) is 14.9 Å². The molecule has 1 atom stereocenters. The van der Waals surface area contributed by atoms with Gasteiger partial charge in [-0.2, -0.15) is 4.98 Å². The summed E-state index contributed by atoms with van der Waals surface area (Å²) in [5.41, 5.74) is 6.32. The van der Waals surface area contributed by atoms with E-state index in [0.29, 0.717) is 11.6 Å². The van der Waals surface area contributed by atoms with Gasteiger partial charge in [-0.25, -0.2) is 4.98 Å². The van der Waals surface area contributed by atoms with Crippen LogP contribution in [0.2, 0.25) is 5.02 Å². The van der Waals surface area contributed by atoms with Crippen LogP contribution in [-0.2, 0) is 0 Å². The number of hydrogen-bond acceptors (Lipinski definition) is 7. The number of nitrogens with zero attached hydrogens (tertiary/aromatic N) is 4. The number of nitrogens with one attached hydrogen (secondary N) is 1. The predicted molar refractivity (Wildman–Crippen MR) is 89.5 cm³/mol. The first-order valence-electron chi connectivity index (χ1n) is 6.81. The molecular formula is C14H17ClN6O2. The molecule has 1 aromatic carbocycles. The number of nitrogen functional groups attached to an aromatic ring is 1. The highest BCUT2D eigenvalue weighted by Crippen LogP contribution is 2.22. The van der Waals surface area contributed by atoms with Crippen LogP contribution in [0.25, 0.3) is 0 Å². The Hall–Kier alpha value is -2.45. The minimum atomic E-state index is -0.616. The van der Waals surface area contributed by atoms with Crippen molar-refractivity contribution < 1.29 is 4.92 Å². The topological polar surface area (TPSA) is 110 Å². The van der Waals surface area contributed by atoms with Crippen LogP contribution in [0.5, 0.6) is 0 Å². The van der Waals surface area contributed by atoms with Crippen LogP contribution >= 0.6 is 11.6 Å². The van der Waals surface area contributed by atoms with Crippen LogP contribution in [0, 0.1) is 10.1 Å². The number of rotatable bonds is 6. The molecule has 1 heterocycles. The Balaban J connectivity index is 2.11. The third-order valence-electron chi connectivity index (χ3n) is 3.33. The highest BCUT2D eigenvalue weighted by molar-refractivity contribution is 6.30. The first-order chi connectivity index (χ1) is 10.9. The Labute approximate surface area is 138 Å². The fourth-order valence-electron chi connectivity index (χ4n) is 2.09. The molecule has 23 heavy (non-hydrogen) atoms. The van der Waals surface area contributed by atoms with E-state index in [0.717, 1.165) is 11.8 Å². The number of nitrogens with two attached hydrogens (primary N) is 1. The first-order valence-corrected chi connectivity index (χ1v) is 7.19. The molecule has 2 rings (SSSR count). The minimum Gasteiger partial charge on any atom is -0.378 e. The van der Waals surface area contributed by atoms with Crippen molar-refractivity contribution in [2.45, 2.75) is 6.04 Å². The van der Waals surface area contributed by atoms with Gasteiger partial charge in [0.1, 0.15) is 6.20 Å². The maximum Gasteiger partial charge on any atom is 0.329 e. The Morgan fingerprint density at radius 2 is 2.04 bits per heavy atom. The molecular weight excluding hydrogens is 320 g/mol. The molecule has 0 aliphatic carbocycles. The Morgan fingerprint density at radius 1 is 1.39 bits per heavy atom. The molecule has 2 aromatic rings. The lowest BCUT2D eigenvalue weighted by molar-refractivity contribution is -0.384. The molecule has 122 valence electrons. The average molecular weight is 337 g/mol. The summed E-state index contributed by atoms with van der Waals surface area (Å²) in [6, 6.07) is 7.59. The van der Waals surface area contributed by atoms with Gasteiger partial charge in [0.25, 0.3) is 0 Å². The molecule has 0 amide bonds. The van der Waals surface area contributed by atoms with Gasteiger partial charge < -0.3 is 16.0 Å². The van der Waals surface area contributed by atoms with Gasteiger partial charge in [0.15, 0.2) is 0 Å². The molecule has 1 aromatic heterocycles. The number of benzene rings is 1. The predicted octanol–water partition coefficient (Wildman–Crippen LogP) is 2.34. The maximum atomic E-state index is 10.7. The largest absolute Gasteiger partial charge is 0.378 e. The Kier molecular flexibility index (Phi) is 5.30. The molecule has 0 aliphatic heterocycles. The number of nitro groups is 1. The molecule has 9 heteroatoms. The number of aromatic nitrogens is 2. The van der Waals surface area contributed by atoms with Crippen molar-refractivity contribution in [2.75, 3.05) is 31.7 Å². The van der Waals surface area contributed by atoms with E-state index in [1.807, 2.05) is 43.3 Å². The second-order valence-corrected chi connectivity index (χ2v) is 5.57. The number of hydrogen-bond donors (Lipinski definition) is 2. The molecule has 0 radical (unpaired) electrons. The lowest BCUT2D eigenvalue weighted by Gasteiger charge is -2.25. The molecule has 0 spiro atoms. The number of likely N-dealkylation sites (N-methyl/N-ethyl adjacent to an activating group) is 1. The van der Waals surface area contributed by atoms with Crippen LogP contribution in [0.4, 0.5) is 17.5 Å². The van der Waals surface area contributed by atoms with Gasteiger partial charge >= 0.3 is 5.69 Å². The summed E-state index contributed by atoms with van der Waals surface area (Å²) in [6.07, 6.45) is 1.09. The molecule has 0 bridgehead atoms. The van der Waals surface area contributed by atoms with Crippen molar-refractivity contribution in [3.05, 3.63) is 51.2 Å². The fraction of sp³-hybridized carbons (Fsp3) is 0.286. The van der Waals surface area contributed by atoms with E-state index < -0.39 is 4.92 Å². The Bertz CT molecular complexity index is 692. The molecule has 1 unspecified atom stereocenters. The normalized spacial score (nSPS) is 12.2. The SMILES string of the molecule is CN(C)C(CNc1ncc([N+](=O)[O-])c(N)n1)c1ccc(Cl)cc1. The van der Waals surface area contributed by atoms with Crippen LogP contribution < -0.4 is 11.1 Å². The summed E-state index contributed by atoms with van der Waals surface area (Å²) < 4.78 is 0. The third-order valence-corrected chi connectivity index (χ3v) is 3.58. The Morgan fingerprint density at radius 3 is 2.57 bits per heavy atom. The van der Waals surface area contributed by atoms with Gasteiger partial charge in [0.2, 0.25) is 11.8 Å². The van der Waals surface area contributed by atoms with Crippen LogP contribution in [0.3, 0.4) is 0 Å². The molecule has 3 N–H and O–H groups in total. The molecule has 0 saturated carbocycles. The van der Waals surface area contributed by atoms with Crippen LogP contribution in [0.15, 0.2) is 30.5 Å². The summed E-state index contributed by atoms with van der Waals surface area (Å²) in [5.74, 6) is 0.0781. The van der Waals surface area contributed by atoms with Gasteiger partial charge in [0, 0.05) is 11.6 Å². The zero-order chi connectivity index (χ0) is 17.0. The average Bonchev–Trinajstić information content (AvgIpc) is 2.48. The smallest absolute Gasteiger partial charge is 0.329 e. The maximum absolute atomic E-state index is 10.7. The van der Waals surface area contributed by atoms with Gasteiger partial charge in [-0.15, -0.1) is 0 Å². The fourth-order valence-corrected chi connectivity index (χ4v) is 2.21. The van der Waals surface area contributed by atoms with E-state index >= 15 is 0 Å². The van der Waals surface area contributed by atoms with E-state index in [4.69, 9.17) is 17.3 Å². The van der Waals surface area contributed by atoms with Crippen molar-refractivity contribution >= 4 is 29.1 Å². The summed E-state index contributed by atoms with van der Waals surface area (Å²) in [6.45, 7) is 0.506. The standard InChI is InChI=1S/C14H17ClN6O2/c1-20(2)11(9-3-5-10(15)6-4-9)7-17-14-18-8-12(21(22)23)13(16)19-14/h3-6,8,11H,7H2,1-2H3,(H3,16,17,18,19). The second-order valence-electron chi connectivity index (χ2n) is 5.13. The number of anilines is 2. The first kappa shape index (κ1) is 16.9. The lowest BCUT2D eigenvalue weighted by Crippen LogP contribution is -2.27. The zero-order valence-corrected chi connectivity index (χ0v) is 13.5. The third kappa shape index (κ3) is 4.27. The monoisotopic (exact) mass is 336 g/mol. The quantitative estimate of drug-likeness (QED) is 0.615. The number of halogens is 1. The summed E-state index contributed by atoms with van der Waals surface area (Å²) >= 11 is 5.91. The molecule has 0 saturated heterocycles. The van der Waals surface area contributed by atoms with Gasteiger partial charge in [-0.05, 0) is 31.8 Å². The molecule has 8 nitrogen and oxygen atoms in total. The van der Waals surface area contributed by atoms with Crippen LogP contribution in [0.1, 0.15) is 11.6 Å². The molecule has 0 aliphatic rings. The molecule has 0 fully saturated rings. The van der Waals surface area contributed by atoms with Crippen LogP contribution in [-0.4, -0.2) is 40.4 Å². The minimum absolute atomic E-state index is 0.0484. The van der Waals surface area contributed by atoms with Gasteiger partial charge in [-0.1, -0.05) is 23.7 Å². The highest BCUT2D eigenvalue weighted by atomic mass is 35.5. The van der Waals surface area contributed by atoms with Crippen molar-refractivity contribution in [1.29, 1.82) is 0 Å². The van der Waals surface area contributed by atoms with E-state index in [9.17, 15) is 10.1 Å². The van der Waals surface area contributed by atoms with E-state index in [1.165, 1.54) is 0 Å². The van der Waals surface area contributed by atoms with E-state index in [2.05, 4.69) is 15.3 Å². The highest BCUT2D eigenvalue weighted by Gasteiger charge is 2.17. The van der Waals surface area contributed by atoms with Crippen molar-refractivity contribution in [3.8, 4) is 0 Å². The summed E-state index contributed by atoms with van der Waals surface area (Å²) in [5, 5.41) is 14.4. The van der Waals surface area contributed by atoms with E-state index in [-0.39, 0.29) is 23.5 Å². The second kappa shape index (κ2) is 7.21. The summed E-state index contributed by atoms with van der Waals surface area (Å²) in [4.78, 5) is 19.9. The van der Waals surface area contributed by atoms with Gasteiger partial charge in [-0.3, -0.25) is 10.1 Å². The van der Waals surface area contributed by atoms with Crippen molar-refractivity contribution in [3.63, 3.8) is 0 Å². The zero-order valence-electron chi connectivity index (χ0n) is 12.7. The van der Waals surface area contributed by atoms with Crippen molar-refractivity contribution in [2.24, 2.45) is 0 Å².